The molecule has 0 aromatic heterocycles. The van der Waals surface area contributed by atoms with Crippen molar-refractivity contribution in [2.24, 2.45) is 5.92 Å². The fraction of sp³-hybridized carbons (Fsp3) is 0.500. The molecule has 0 bridgehead atoms. The van der Waals surface area contributed by atoms with E-state index in [4.69, 9.17) is 5.11 Å². The zero-order valence-corrected chi connectivity index (χ0v) is 10.6. The Bertz CT molecular complexity index is 342. The van der Waals surface area contributed by atoms with Crippen LogP contribution in [0.1, 0.15) is 24.5 Å². The van der Waals surface area contributed by atoms with Gasteiger partial charge in [0.25, 0.3) is 0 Å². The van der Waals surface area contributed by atoms with Crippen LogP contribution in [0.3, 0.4) is 0 Å². The maximum Gasteiger partial charge on any atom is 0.225 e. The molecule has 94 valence electrons. The van der Waals surface area contributed by atoms with Gasteiger partial charge >= 0.3 is 0 Å². The molecular weight excluding hydrogens is 214 g/mol. The summed E-state index contributed by atoms with van der Waals surface area (Å²) in [6, 6.07) is 8.29. The van der Waals surface area contributed by atoms with Gasteiger partial charge in [0, 0.05) is 6.54 Å². The molecule has 0 heterocycles. The van der Waals surface area contributed by atoms with Crippen molar-refractivity contribution in [3.63, 3.8) is 0 Å². The lowest BCUT2D eigenvalue weighted by Gasteiger charge is -2.12. The zero-order valence-electron chi connectivity index (χ0n) is 10.6. The SMILES string of the molecule is CCC(CO)C(=O)NCCc1ccc(C)cc1. The van der Waals surface area contributed by atoms with Gasteiger partial charge < -0.3 is 10.4 Å². The number of hydrogen-bond acceptors (Lipinski definition) is 2. The van der Waals surface area contributed by atoms with Crippen molar-refractivity contribution in [3.05, 3.63) is 35.4 Å². The summed E-state index contributed by atoms with van der Waals surface area (Å²) in [6.07, 6.45) is 1.50. The third-order valence-corrected chi connectivity index (χ3v) is 2.92. The van der Waals surface area contributed by atoms with Crippen LogP contribution in [0.4, 0.5) is 0 Å². The van der Waals surface area contributed by atoms with E-state index in [1.54, 1.807) is 0 Å². The third-order valence-electron chi connectivity index (χ3n) is 2.92. The highest BCUT2D eigenvalue weighted by molar-refractivity contribution is 5.78. The minimum atomic E-state index is -0.270. The van der Waals surface area contributed by atoms with E-state index in [1.165, 1.54) is 11.1 Å². The van der Waals surface area contributed by atoms with Crippen LogP contribution in [-0.2, 0) is 11.2 Å². The zero-order chi connectivity index (χ0) is 12.7. The van der Waals surface area contributed by atoms with Crippen molar-refractivity contribution < 1.29 is 9.90 Å². The quantitative estimate of drug-likeness (QED) is 0.788. The van der Waals surface area contributed by atoms with Gasteiger partial charge in [-0.3, -0.25) is 4.79 Å². The van der Waals surface area contributed by atoms with E-state index in [9.17, 15) is 4.79 Å². The Labute approximate surface area is 103 Å². The summed E-state index contributed by atoms with van der Waals surface area (Å²) in [5.74, 6) is -0.324. The smallest absolute Gasteiger partial charge is 0.225 e. The van der Waals surface area contributed by atoms with Gasteiger partial charge in [-0.15, -0.1) is 0 Å². The maximum atomic E-state index is 11.6. The molecule has 3 nitrogen and oxygen atoms in total. The van der Waals surface area contributed by atoms with E-state index in [2.05, 4.69) is 36.5 Å². The second kappa shape index (κ2) is 7.07. The number of carbonyl (C=O) groups is 1. The summed E-state index contributed by atoms with van der Waals surface area (Å²) >= 11 is 0. The first kappa shape index (κ1) is 13.7. The number of amides is 1. The van der Waals surface area contributed by atoms with E-state index in [1.807, 2.05) is 6.92 Å². The Hall–Kier alpha value is -1.35. The number of aryl methyl sites for hydroxylation is 1. The first-order valence-electron chi connectivity index (χ1n) is 6.11. The normalized spacial score (nSPS) is 12.2. The van der Waals surface area contributed by atoms with Crippen molar-refractivity contribution in [2.75, 3.05) is 13.2 Å². The second-order valence-electron chi connectivity index (χ2n) is 4.31. The summed E-state index contributed by atoms with van der Waals surface area (Å²) in [4.78, 5) is 11.6. The number of hydrogen-bond donors (Lipinski definition) is 2. The van der Waals surface area contributed by atoms with Crippen molar-refractivity contribution in [2.45, 2.75) is 26.7 Å². The summed E-state index contributed by atoms with van der Waals surface area (Å²) < 4.78 is 0. The Morgan fingerprint density at radius 3 is 2.53 bits per heavy atom. The molecule has 2 N–H and O–H groups in total. The highest BCUT2D eigenvalue weighted by atomic mass is 16.3. The fourth-order valence-corrected chi connectivity index (χ4v) is 1.63. The number of rotatable bonds is 6. The van der Waals surface area contributed by atoms with Crippen LogP contribution in [-0.4, -0.2) is 24.2 Å². The third kappa shape index (κ3) is 4.57. The second-order valence-corrected chi connectivity index (χ2v) is 4.31. The number of aliphatic hydroxyl groups excluding tert-OH is 1. The van der Waals surface area contributed by atoms with E-state index in [0.29, 0.717) is 13.0 Å². The fourth-order valence-electron chi connectivity index (χ4n) is 1.63. The van der Waals surface area contributed by atoms with Gasteiger partial charge in [0.05, 0.1) is 12.5 Å². The average Bonchev–Trinajstić information content (AvgIpc) is 2.33. The predicted octanol–water partition coefficient (Wildman–Crippen LogP) is 1.67. The van der Waals surface area contributed by atoms with E-state index in [-0.39, 0.29) is 18.4 Å². The van der Waals surface area contributed by atoms with Gasteiger partial charge in [-0.1, -0.05) is 36.8 Å². The highest BCUT2D eigenvalue weighted by Gasteiger charge is 2.13. The highest BCUT2D eigenvalue weighted by Crippen LogP contribution is 2.04. The van der Waals surface area contributed by atoms with Crippen LogP contribution < -0.4 is 5.32 Å². The largest absolute Gasteiger partial charge is 0.396 e. The van der Waals surface area contributed by atoms with Gasteiger partial charge in [0.1, 0.15) is 0 Å². The number of aliphatic hydroxyl groups is 1. The molecule has 0 spiro atoms. The van der Waals surface area contributed by atoms with Crippen molar-refractivity contribution in [1.82, 2.24) is 5.32 Å². The van der Waals surface area contributed by atoms with Gasteiger partial charge in [0.15, 0.2) is 0 Å². The van der Waals surface area contributed by atoms with Gasteiger partial charge in [-0.05, 0) is 25.3 Å². The van der Waals surface area contributed by atoms with Crippen LogP contribution in [0.2, 0.25) is 0 Å². The summed E-state index contributed by atoms with van der Waals surface area (Å²) in [7, 11) is 0. The van der Waals surface area contributed by atoms with Crippen LogP contribution in [0.15, 0.2) is 24.3 Å². The molecule has 17 heavy (non-hydrogen) atoms. The van der Waals surface area contributed by atoms with Crippen LogP contribution in [0.5, 0.6) is 0 Å². The van der Waals surface area contributed by atoms with Crippen LogP contribution in [0, 0.1) is 12.8 Å². The maximum absolute atomic E-state index is 11.6. The van der Waals surface area contributed by atoms with Crippen LogP contribution in [0.25, 0.3) is 0 Å². The Morgan fingerprint density at radius 2 is 2.00 bits per heavy atom. The molecule has 1 unspecified atom stereocenters. The molecule has 1 rings (SSSR count). The Balaban J connectivity index is 2.32. The standard InChI is InChI=1S/C14H21NO2/c1-3-13(10-16)14(17)15-9-8-12-6-4-11(2)5-7-12/h4-7,13,16H,3,8-10H2,1-2H3,(H,15,17). The van der Waals surface area contributed by atoms with Crippen molar-refractivity contribution in [1.29, 1.82) is 0 Å². The molecule has 1 amide bonds. The number of carbonyl (C=O) groups excluding carboxylic acids is 1. The molecule has 0 aliphatic rings. The molecule has 1 aromatic rings. The molecule has 1 aromatic carbocycles. The Morgan fingerprint density at radius 1 is 1.35 bits per heavy atom. The molecule has 3 heteroatoms. The summed E-state index contributed by atoms with van der Waals surface area (Å²) in [6.45, 7) is 4.50. The minimum Gasteiger partial charge on any atom is -0.396 e. The molecule has 0 saturated heterocycles. The lowest BCUT2D eigenvalue weighted by atomic mass is 10.1. The predicted molar refractivity (Wildman–Crippen MR) is 68.8 cm³/mol. The van der Waals surface area contributed by atoms with Gasteiger partial charge in [-0.2, -0.15) is 0 Å². The van der Waals surface area contributed by atoms with Gasteiger partial charge in [-0.25, -0.2) is 0 Å². The lowest BCUT2D eigenvalue weighted by Crippen LogP contribution is -2.33. The van der Waals surface area contributed by atoms with Crippen LogP contribution >= 0.6 is 0 Å². The van der Waals surface area contributed by atoms with Crippen molar-refractivity contribution >= 4 is 5.91 Å². The topological polar surface area (TPSA) is 49.3 Å². The van der Waals surface area contributed by atoms with E-state index in [0.717, 1.165) is 6.42 Å². The molecular formula is C14H21NO2. The molecule has 1 atom stereocenters. The monoisotopic (exact) mass is 235 g/mol. The summed E-state index contributed by atoms with van der Waals surface area (Å²) in [5, 5.41) is 11.8. The first-order chi connectivity index (χ1) is 8.17. The average molecular weight is 235 g/mol. The van der Waals surface area contributed by atoms with E-state index < -0.39 is 0 Å². The Kier molecular flexibility index (Phi) is 5.70. The summed E-state index contributed by atoms with van der Waals surface area (Å²) in [5.41, 5.74) is 2.46. The number of benzene rings is 1. The molecule has 0 radical (unpaired) electrons. The van der Waals surface area contributed by atoms with Crippen molar-refractivity contribution in [3.8, 4) is 0 Å². The lowest BCUT2D eigenvalue weighted by molar-refractivity contribution is -0.126. The first-order valence-corrected chi connectivity index (χ1v) is 6.11. The molecule has 0 aliphatic heterocycles. The minimum absolute atomic E-state index is 0.0536. The molecule has 0 fully saturated rings. The molecule has 0 saturated carbocycles. The van der Waals surface area contributed by atoms with E-state index >= 15 is 0 Å². The van der Waals surface area contributed by atoms with Gasteiger partial charge in [0.2, 0.25) is 5.91 Å². The molecule has 0 aliphatic carbocycles. The number of nitrogens with one attached hydrogen (secondary N) is 1.